The van der Waals surface area contributed by atoms with Gasteiger partial charge in [-0.3, -0.25) is 4.79 Å². The van der Waals surface area contributed by atoms with Crippen LogP contribution in [0.2, 0.25) is 0 Å². The number of benzene rings is 2. The van der Waals surface area contributed by atoms with Crippen molar-refractivity contribution in [2.75, 3.05) is 12.4 Å². The molecular formula is C21H23N3O3. The molecular weight excluding hydrogens is 342 g/mol. The number of rotatable bonds is 7. The summed E-state index contributed by atoms with van der Waals surface area (Å²) in [7, 11) is 1.59. The second-order valence-electron chi connectivity index (χ2n) is 6.13. The standard InChI is InChI=1S/C21H23N3O3/c1-4-16-8-10-18(11-9-16)27-14-24-13-17(12-22-24)23-21(25)19-6-5-7-20(26-3)15(19)2/h5-13H,4,14H2,1-3H3,(H,23,25). The summed E-state index contributed by atoms with van der Waals surface area (Å²) < 4.78 is 12.6. The monoisotopic (exact) mass is 365 g/mol. The number of amides is 1. The Morgan fingerprint density at radius 1 is 1.19 bits per heavy atom. The van der Waals surface area contributed by atoms with Crippen molar-refractivity contribution in [2.45, 2.75) is 27.0 Å². The number of ether oxygens (including phenoxy) is 2. The first-order valence-corrected chi connectivity index (χ1v) is 8.80. The lowest BCUT2D eigenvalue weighted by molar-refractivity contribution is 0.102. The van der Waals surface area contributed by atoms with E-state index in [-0.39, 0.29) is 12.6 Å². The number of hydrogen-bond donors (Lipinski definition) is 1. The number of aromatic nitrogens is 2. The Morgan fingerprint density at radius 3 is 2.67 bits per heavy atom. The summed E-state index contributed by atoms with van der Waals surface area (Å²) in [5, 5.41) is 7.07. The topological polar surface area (TPSA) is 65.4 Å². The predicted molar refractivity (Wildman–Crippen MR) is 104 cm³/mol. The molecule has 0 bridgehead atoms. The van der Waals surface area contributed by atoms with Gasteiger partial charge in [-0.1, -0.05) is 25.1 Å². The number of hydrogen-bond acceptors (Lipinski definition) is 4. The summed E-state index contributed by atoms with van der Waals surface area (Å²) in [6.45, 7) is 4.23. The molecule has 0 spiro atoms. The van der Waals surface area contributed by atoms with Crippen LogP contribution >= 0.6 is 0 Å². The van der Waals surface area contributed by atoms with Crippen molar-refractivity contribution < 1.29 is 14.3 Å². The second kappa shape index (κ2) is 8.40. The molecule has 0 saturated heterocycles. The van der Waals surface area contributed by atoms with Gasteiger partial charge in [-0.05, 0) is 43.2 Å². The largest absolute Gasteiger partial charge is 0.496 e. The third-order valence-corrected chi connectivity index (χ3v) is 4.33. The normalized spacial score (nSPS) is 10.5. The lowest BCUT2D eigenvalue weighted by atomic mass is 10.1. The van der Waals surface area contributed by atoms with E-state index in [9.17, 15) is 4.79 Å². The second-order valence-corrected chi connectivity index (χ2v) is 6.13. The number of nitrogens with one attached hydrogen (secondary N) is 1. The zero-order valence-corrected chi connectivity index (χ0v) is 15.7. The maximum atomic E-state index is 12.5. The van der Waals surface area contributed by atoms with Gasteiger partial charge in [-0.25, -0.2) is 4.68 Å². The summed E-state index contributed by atoms with van der Waals surface area (Å²) in [6, 6.07) is 13.4. The zero-order chi connectivity index (χ0) is 19.2. The van der Waals surface area contributed by atoms with E-state index in [1.54, 1.807) is 36.3 Å². The fourth-order valence-electron chi connectivity index (χ4n) is 2.74. The maximum Gasteiger partial charge on any atom is 0.256 e. The smallest absolute Gasteiger partial charge is 0.256 e. The molecule has 0 aliphatic rings. The van der Waals surface area contributed by atoms with Crippen molar-refractivity contribution in [2.24, 2.45) is 0 Å². The molecule has 0 radical (unpaired) electrons. The van der Waals surface area contributed by atoms with Crippen LogP contribution in [0, 0.1) is 6.92 Å². The minimum atomic E-state index is -0.206. The van der Waals surface area contributed by atoms with Gasteiger partial charge in [0.15, 0.2) is 6.73 Å². The lowest BCUT2D eigenvalue weighted by Gasteiger charge is -2.09. The molecule has 0 aliphatic heterocycles. The Kier molecular flexibility index (Phi) is 5.76. The van der Waals surface area contributed by atoms with Crippen LogP contribution in [0.25, 0.3) is 0 Å². The minimum absolute atomic E-state index is 0.206. The van der Waals surface area contributed by atoms with E-state index in [2.05, 4.69) is 17.3 Å². The van der Waals surface area contributed by atoms with Crippen LogP contribution in [-0.2, 0) is 13.2 Å². The van der Waals surface area contributed by atoms with E-state index in [0.717, 1.165) is 17.7 Å². The highest BCUT2D eigenvalue weighted by Crippen LogP contribution is 2.22. The number of carbonyl (C=O) groups excluding carboxylic acids is 1. The van der Waals surface area contributed by atoms with Crippen molar-refractivity contribution in [1.82, 2.24) is 9.78 Å². The molecule has 2 aromatic carbocycles. The van der Waals surface area contributed by atoms with Crippen LogP contribution in [0.5, 0.6) is 11.5 Å². The van der Waals surface area contributed by atoms with Crippen molar-refractivity contribution in [3.63, 3.8) is 0 Å². The Bertz CT molecular complexity index is 917. The van der Waals surface area contributed by atoms with E-state index >= 15 is 0 Å². The number of carbonyl (C=O) groups is 1. The summed E-state index contributed by atoms with van der Waals surface area (Å²) >= 11 is 0. The van der Waals surface area contributed by atoms with Gasteiger partial charge in [-0.2, -0.15) is 5.10 Å². The molecule has 1 aromatic heterocycles. The van der Waals surface area contributed by atoms with E-state index in [1.165, 1.54) is 5.56 Å². The van der Waals surface area contributed by atoms with Gasteiger partial charge in [0.2, 0.25) is 0 Å². The molecule has 0 aliphatic carbocycles. The highest BCUT2D eigenvalue weighted by Gasteiger charge is 2.13. The highest BCUT2D eigenvalue weighted by molar-refractivity contribution is 6.05. The van der Waals surface area contributed by atoms with Crippen molar-refractivity contribution >= 4 is 11.6 Å². The molecule has 0 saturated carbocycles. The van der Waals surface area contributed by atoms with Gasteiger partial charge in [0.25, 0.3) is 5.91 Å². The van der Waals surface area contributed by atoms with Crippen LogP contribution < -0.4 is 14.8 Å². The highest BCUT2D eigenvalue weighted by atomic mass is 16.5. The predicted octanol–water partition coefficient (Wildman–Crippen LogP) is 4.05. The lowest BCUT2D eigenvalue weighted by Crippen LogP contribution is -2.13. The Balaban J connectivity index is 1.61. The summed E-state index contributed by atoms with van der Waals surface area (Å²) in [5.74, 6) is 1.25. The third kappa shape index (κ3) is 4.47. The summed E-state index contributed by atoms with van der Waals surface area (Å²) in [6.07, 6.45) is 4.32. The van der Waals surface area contributed by atoms with Crippen LogP contribution in [0.4, 0.5) is 5.69 Å². The number of nitrogens with zero attached hydrogens (tertiary/aromatic N) is 2. The van der Waals surface area contributed by atoms with Crippen LogP contribution in [0.3, 0.4) is 0 Å². The zero-order valence-electron chi connectivity index (χ0n) is 15.7. The Hall–Kier alpha value is -3.28. The Morgan fingerprint density at radius 2 is 1.96 bits per heavy atom. The first-order valence-electron chi connectivity index (χ1n) is 8.80. The fourth-order valence-corrected chi connectivity index (χ4v) is 2.74. The van der Waals surface area contributed by atoms with E-state index in [4.69, 9.17) is 9.47 Å². The van der Waals surface area contributed by atoms with Gasteiger partial charge in [-0.15, -0.1) is 0 Å². The maximum absolute atomic E-state index is 12.5. The first-order chi connectivity index (χ1) is 13.1. The fraction of sp³-hybridized carbons (Fsp3) is 0.238. The molecule has 27 heavy (non-hydrogen) atoms. The van der Waals surface area contributed by atoms with Crippen LogP contribution in [0.1, 0.15) is 28.4 Å². The molecule has 0 unspecified atom stereocenters. The van der Waals surface area contributed by atoms with E-state index < -0.39 is 0 Å². The van der Waals surface area contributed by atoms with Gasteiger partial charge in [0, 0.05) is 11.1 Å². The van der Waals surface area contributed by atoms with Crippen LogP contribution in [-0.4, -0.2) is 22.8 Å². The quantitative estimate of drug-likeness (QED) is 0.686. The molecule has 3 rings (SSSR count). The number of methoxy groups -OCH3 is 1. The Labute approximate surface area is 158 Å². The average molecular weight is 365 g/mol. The first kappa shape index (κ1) is 18.5. The molecule has 1 amide bonds. The van der Waals surface area contributed by atoms with Gasteiger partial charge in [0.1, 0.15) is 11.5 Å². The molecule has 0 atom stereocenters. The average Bonchev–Trinajstić information content (AvgIpc) is 3.14. The number of aryl methyl sites for hydroxylation is 1. The van der Waals surface area contributed by atoms with Crippen molar-refractivity contribution in [3.8, 4) is 11.5 Å². The number of anilines is 1. The summed E-state index contributed by atoms with van der Waals surface area (Å²) in [5.41, 5.74) is 3.23. The molecule has 1 N–H and O–H groups in total. The molecule has 1 heterocycles. The molecule has 0 fully saturated rings. The van der Waals surface area contributed by atoms with Crippen LogP contribution in [0.15, 0.2) is 54.9 Å². The molecule has 140 valence electrons. The molecule has 3 aromatic rings. The van der Waals surface area contributed by atoms with Gasteiger partial charge in [0.05, 0.1) is 25.2 Å². The molecule has 6 nitrogen and oxygen atoms in total. The molecule has 6 heteroatoms. The van der Waals surface area contributed by atoms with Gasteiger partial charge < -0.3 is 14.8 Å². The third-order valence-electron chi connectivity index (χ3n) is 4.33. The van der Waals surface area contributed by atoms with Gasteiger partial charge >= 0.3 is 0 Å². The summed E-state index contributed by atoms with van der Waals surface area (Å²) in [4.78, 5) is 12.5. The van der Waals surface area contributed by atoms with Crippen molar-refractivity contribution in [1.29, 1.82) is 0 Å². The van der Waals surface area contributed by atoms with Crippen molar-refractivity contribution in [3.05, 3.63) is 71.5 Å². The SMILES string of the molecule is CCc1ccc(OCn2cc(NC(=O)c3cccc(OC)c3C)cn2)cc1. The van der Waals surface area contributed by atoms with E-state index in [1.807, 2.05) is 37.3 Å². The van der Waals surface area contributed by atoms with E-state index in [0.29, 0.717) is 17.0 Å². The minimum Gasteiger partial charge on any atom is -0.496 e.